The lowest BCUT2D eigenvalue weighted by Crippen LogP contribution is -2.35. The van der Waals surface area contributed by atoms with Gasteiger partial charge < -0.3 is 5.11 Å². The molecule has 1 aromatic heterocycles. The number of allylic oxidation sites excluding steroid dienone is 1. The van der Waals surface area contributed by atoms with E-state index in [1.54, 1.807) is 11.0 Å². The zero-order valence-electron chi connectivity index (χ0n) is 12.9. The molecule has 1 N–H and O–H groups in total. The van der Waals surface area contributed by atoms with Crippen LogP contribution >= 0.6 is 0 Å². The number of aliphatic hydroxyl groups is 1. The second-order valence-electron chi connectivity index (χ2n) is 6.96. The van der Waals surface area contributed by atoms with Crippen LogP contribution in [0.25, 0.3) is 0 Å². The average Bonchev–Trinajstić information content (AvgIpc) is 2.93. The minimum Gasteiger partial charge on any atom is -0.390 e. The molecule has 1 aliphatic rings. The lowest BCUT2D eigenvalue weighted by molar-refractivity contribution is 0.0283. The van der Waals surface area contributed by atoms with E-state index in [9.17, 15) is 5.11 Å². The molecule has 2 unspecified atom stereocenters. The van der Waals surface area contributed by atoms with Crippen molar-refractivity contribution in [2.24, 2.45) is 11.3 Å². The number of hydrogen-bond donors (Lipinski definition) is 1. The zero-order chi connectivity index (χ0) is 14.6. The van der Waals surface area contributed by atoms with E-state index in [-0.39, 0.29) is 11.5 Å². The number of aromatic nitrogens is 3. The Labute approximate surface area is 121 Å². The first-order valence-corrected chi connectivity index (χ1v) is 7.69. The SMILES string of the molecule is CC(C)(C)C(O)C(/C=C/C1CCCCC1)n1cncn1. The maximum Gasteiger partial charge on any atom is 0.137 e. The minimum atomic E-state index is -0.482. The summed E-state index contributed by atoms with van der Waals surface area (Å²) in [5.41, 5.74) is -0.187. The molecule has 1 aliphatic carbocycles. The first-order chi connectivity index (χ1) is 9.48. The summed E-state index contributed by atoms with van der Waals surface area (Å²) in [5, 5.41) is 14.8. The molecule has 0 spiro atoms. The van der Waals surface area contributed by atoms with E-state index in [4.69, 9.17) is 0 Å². The Morgan fingerprint density at radius 1 is 1.25 bits per heavy atom. The van der Waals surface area contributed by atoms with Crippen LogP contribution in [0.15, 0.2) is 24.8 Å². The molecule has 1 heterocycles. The molecule has 2 atom stereocenters. The van der Waals surface area contributed by atoms with E-state index in [0.29, 0.717) is 5.92 Å². The molecular formula is C16H27N3O. The lowest BCUT2D eigenvalue weighted by Gasteiger charge is -2.31. The van der Waals surface area contributed by atoms with E-state index >= 15 is 0 Å². The van der Waals surface area contributed by atoms with Gasteiger partial charge in [-0.15, -0.1) is 0 Å². The predicted octanol–water partition coefficient (Wildman–Crippen LogP) is 3.36. The van der Waals surface area contributed by atoms with Gasteiger partial charge in [0.2, 0.25) is 0 Å². The fraction of sp³-hybridized carbons (Fsp3) is 0.750. The minimum absolute atomic E-state index is 0.139. The van der Waals surface area contributed by atoms with Gasteiger partial charge in [0.05, 0.1) is 12.1 Å². The van der Waals surface area contributed by atoms with Crippen molar-refractivity contribution in [1.82, 2.24) is 14.8 Å². The quantitative estimate of drug-likeness (QED) is 0.859. The number of nitrogens with zero attached hydrogens (tertiary/aromatic N) is 3. The van der Waals surface area contributed by atoms with Crippen molar-refractivity contribution >= 4 is 0 Å². The Balaban J connectivity index is 2.12. The van der Waals surface area contributed by atoms with Gasteiger partial charge in [0.25, 0.3) is 0 Å². The highest BCUT2D eigenvalue weighted by Crippen LogP contribution is 2.30. The topological polar surface area (TPSA) is 50.9 Å². The van der Waals surface area contributed by atoms with Crippen molar-refractivity contribution in [2.75, 3.05) is 0 Å². The van der Waals surface area contributed by atoms with E-state index in [0.717, 1.165) is 0 Å². The third-order valence-electron chi connectivity index (χ3n) is 4.18. The van der Waals surface area contributed by atoms with Crippen molar-refractivity contribution in [1.29, 1.82) is 0 Å². The van der Waals surface area contributed by atoms with Crippen LogP contribution in [0.2, 0.25) is 0 Å². The van der Waals surface area contributed by atoms with E-state index < -0.39 is 6.10 Å². The summed E-state index contributed by atoms with van der Waals surface area (Å²) in [7, 11) is 0. The van der Waals surface area contributed by atoms with Gasteiger partial charge in [0, 0.05) is 0 Å². The fourth-order valence-electron chi connectivity index (χ4n) is 2.82. The Morgan fingerprint density at radius 3 is 2.50 bits per heavy atom. The molecule has 0 aromatic carbocycles. The van der Waals surface area contributed by atoms with E-state index in [2.05, 4.69) is 43.0 Å². The summed E-state index contributed by atoms with van der Waals surface area (Å²) in [6.45, 7) is 6.15. The summed E-state index contributed by atoms with van der Waals surface area (Å²) < 4.78 is 1.76. The smallest absolute Gasteiger partial charge is 0.137 e. The van der Waals surface area contributed by atoms with Gasteiger partial charge in [0.15, 0.2) is 0 Å². The van der Waals surface area contributed by atoms with Gasteiger partial charge in [-0.05, 0) is 24.2 Å². The summed E-state index contributed by atoms with van der Waals surface area (Å²) in [6, 6.07) is -0.139. The van der Waals surface area contributed by atoms with Crippen LogP contribution in [-0.4, -0.2) is 26.0 Å². The highest BCUT2D eigenvalue weighted by Gasteiger charge is 2.30. The molecule has 0 radical (unpaired) electrons. The molecule has 0 amide bonds. The summed E-state index contributed by atoms with van der Waals surface area (Å²) in [5.74, 6) is 0.655. The summed E-state index contributed by atoms with van der Waals surface area (Å²) in [6.07, 6.45) is 13.7. The molecule has 0 saturated heterocycles. The monoisotopic (exact) mass is 277 g/mol. The van der Waals surface area contributed by atoms with Gasteiger partial charge in [0.1, 0.15) is 12.7 Å². The Morgan fingerprint density at radius 2 is 1.95 bits per heavy atom. The largest absolute Gasteiger partial charge is 0.390 e. The van der Waals surface area contributed by atoms with Crippen molar-refractivity contribution in [3.05, 3.63) is 24.8 Å². The van der Waals surface area contributed by atoms with Gasteiger partial charge in [-0.2, -0.15) is 5.10 Å². The highest BCUT2D eigenvalue weighted by molar-refractivity contribution is 5.01. The van der Waals surface area contributed by atoms with E-state index in [1.165, 1.54) is 38.4 Å². The first-order valence-electron chi connectivity index (χ1n) is 7.69. The number of hydrogen-bond acceptors (Lipinski definition) is 3. The Hall–Kier alpha value is -1.16. The first kappa shape index (κ1) is 15.2. The van der Waals surface area contributed by atoms with Crippen molar-refractivity contribution in [3.8, 4) is 0 Å². The average molecular weight is 277 g/mol. The van der Waals surface area contributed by atoms with Gasteiger partial charge in [-0.3, -0.25) is 0 Å². The molecule has 0 bridgehead atoms. The van der Waals surface area contributed by atoms with Crippen LogP contribution in [0.3, 0.4) is 0 Å². The summed E-state index contributed by atoms with van der Waals surface area (Å²) in [4.78, 5) is 4.01. The molecule has 1 saturated carbocycles. The van der Waals surface area contributed by atoms with Crippen LogP contribution in [0.1, 0.15) is 58.9 Å². The molecule has 1 fully saturated rings. The molecule has 2 rings (SSSR count). The van der Waals surface area contributed by atoms with Crippen molar-refractivity contribution < 1.29 is 5.11 Å². The third-order valence-corrected chi connectivity index (χ3v) is 4.18. The van der Waals surface area contributed by atoms with Crippen LogP contribution in [0.5, 0.6) is 0 Å². The van der Waals surface area contributed by atoms with E-state index in [1.807, 2.05) is 0 Å². The Kier molecular flexibility index (Phi) is 4.97. The lowest BCUT2D eigenvalue weighted by atomic mass is 9.83. The summed E-state index contributed by atoms with van der Waals surface area (Å²) >= 11 is 0. The van der Waals surface area contributed by atoms with Crippen LogP contribution in [-0.2, 0) is 0 Å². The number of aliphatic hydroxyl groups excluding tert-OH is 1. The van der Waals surface area contributed by atoms with Crippen LogP contribution in [0, 0.1) is 11.3 Å². The predicted molar refractivity (Wildman–Crippen MR) is 80.2 cm³/mol. The van der Waals surface area contributed by atoms with Crippen molar-refractivity contribution in [2.45, 2.75) is 65.0 Å². The van der Waals surface area contributed by atoms with Crippen molar-refractivity contribution in [3.63, 3.8) is 0 Å². The van der Waals surface area contributed by atoms with Gasteiger partial charge >= 0.3 is 0 Å². The zero-order valence-corrected chi connectivity index (χ0v) is 12.9. The molecule has 0 aliphatic heterocycles. The maximum atomic E-state index is 10.6. The molecule has 20 heavy (non-hydrogen) atoms. The fourth-order valence-corrected chi connectivity index (χ4v) is 2.82. The van der Waals surface area contributed by atoms with Crippen LogP contribution in [0.4, 0.5) is 0 Å². The number of rotatable bonds is 4. The maximum absolute atomic E-state index is 10.6. The van der Waals surface area contributed by atoms with Crippen LogP contribution < -0.4 is 0 Å². The third kappa shape index (κ3) is 3.92. The second-order valence-corrected chi connectivity index (χ2v) is 6.96. The molecule has 112 valence electrons. The standard InChI is InChI=1S/C16H27N3O/c1-16(2,3)15(20)14(19-12-17-11-18-19)10-9-13-7-5-4-6-8-13/h9-15,20H,4-8H2,1-3H3/b10-9+. The highest BCUT2D eigenvalue weighted by atomic mass is 16.3. The normalized spacial score (nSPS) is 21.2. The van der Waals surface area contributed by atoms with Gasteiger partial charge in [-0.25, -0.2) is 9.67 Å². The molecule has 4 nitrogen and oxygen atoms in total. The molecular weight excluding hydrogens is 250 g/mol. The van der Waals surface area contributed by atoms with Gasteiger partial charge in [-0.1, -0.05) is 52.2 Å². The second kappa shape index (κ2) is 6.53. The Bertz CT molecular complexity index is 413. The molecule has 4 heteroatoms. The molecule has 1 aromatic rings.